The quantitative estimate of drug-likeness (QED) is 0.893. The maximum Gasteiger partial charge on any atom is 0.253 e. The number of amides is 1. The zero-order valence-corrected chi connectivity index (χ0v) is 14.5. The van der Waals surface area contributed by atoms with Crippen molar-refractivity contribution in [3.05, 3.63) is 29.8 Å². The lowest BCUT2D eigenvalue weighted by Gasteiger charge is -2.29. The summed E-state index contributed by atoms with van der Waals surface area (Å²) in [6.07, 6.45) is 3.89. The fraction of sp³-hybridized carbons (Fsp3) is 0.588. The first-order valence-corrected chi connectivity index (χ1v) is 10.00. The molecule has 7 heteroatoms. The normalized spacial score (nSPS) is 23.2. The molecule has 1 N–H and O–H groups in total. The van der Waals surface area contributed by atoms with Crippen LogP contribution in [0.15, 0.2) is 29.2 Å². The molecule has 24 heavy (non-hydrogen) atoms. The number of carbonyl (C=O) groups is 1. The lowest BCUT2D eigenvalue weighted by molar-refractivity contribution is 0.0724. The number of piperidine rings is 2. The van der Waals surface area contributed by atoms with Crippen molar-refractivity contribution in [3.63, 3.8) is 0 Å². The molecule has 0 spiro atoms. The predicted molar refractivity (Wildman–Crippen MR) is 90.2 cm³/mol. The molecule has 0 saturated carbocycles. The van der Waals surface area contributed by atoms with Crippen LogP contribution < -0.4 is 0 Å². The molecule has 2 aliphatic heterocycles. The van der Waals surface area contributed by atoms with E-state index in [1.807, 2.05) is 4.90 Å². The van der Waals surface area contributed by atoms with Crippen LogP contribution in [0.25, 0.3) is 0 Å². The highest BCUT2D eigenvalue weighted by molar-refractivity contribution is 7.89. The average Bonchev–Trinajstić information content (AvgIpc) is 2.62. The number of benzene rings is 1. The monoisotopic (exact) mass is 352 g/mol. The Balaban J connectivity index is 1.74. The van der Waals surface area contributed by atoms with Gasteiger partial charge in [-0.15, -0.1) is 0 Å². The Hall–Kier alpha value is -1.44. The molecule has 2 aliphatic rings. The van der Waals surface area contributed by atoms with Gasteiger partial charge in [0.1, 0.15) is 0 Å². The number of rotatable bonds is 3. The van der Waals surface area contributed by atoms with Crippen LogP contribution in [0.1, 0.15) is 42.5 Å². The Kier molecular flexibility index (Phi) is 5.22. The zero-order chi connectivity index (χ0) is 17.2. The minimum Gasteiger partial charge on any atom is -0.392 e. The SMILES string of the molecule is O=C(c1ccc(S(=O)(=O)N2CCCC(O)C2)cc1)N1CCCCC1. The molecule has 0 aliphatic carbocycles. The van der Waals surface area contributed by atoms with Crippen molar-refractivity contribution in [2.75, 3.05) is 26.2 Å². The Morgan fingerprint density at radius 1 is 1.00 bits per heavy atom. The highest BCUT2D eigenvalue weighted by Gasteiger charge is 2.29. The molecule has 0 bridgehead atoms. The van der Waals surface area contributed by atoms with Crippen molar-refractivity contribution < 1.29 is 18.3 Å². The van der Waals surface area contributed by atoms with Crippen molar-refractivity contribution in [3.8, 4) is 0 Å². The number of sulfonamides is 1. The van der Waals surface area contributed by atoms with Gasteiger partial charge in [-0.05, 0) is 56.4 Å². The van der Waals surface area contributed by atoms with Crippen molar-refractivity contribution in [2.24, 2.45) is 0 Å². The molecule has 1 aromatic rings. The minimum absolute atomic E-state index is 0.0351. The van der Waals surface area contributed by atoms with Gasteiger partial charge in [0.15, 0.2) is 0 Å². The number of hydrogen-bond donors (Lipinski definition) is 1. The van der Waals surface area contributed by atoms with E-state index < -0.39 is 16.1 Å². The van der Waals surface area contributed by atoms with Gasteiger partial charge in [0.2, 0.25) is 10.0 Å². The summed E-state index contributed by atoms with van der Waals surface area (Å²) in [6.45, 7) is 2.10. The predicted octanol–water partition coefficient (Wildman–Crippen LogP) is 1.46. The van der Waals surface area contributed by atoms with E-state index in [4.69, 9.17) is 0 Å². The van der Waals surface area contributed by atoms with E-state index in [1.165, 1.54) is 16.4 Å². The van der Waals surface area contributed by atoms with Crippen LogP contribution in [0.3, 0.4) is 0 Å². The van der Waals surface area contributed by atoms with Gasteiger partial charge in [-0.1, -0.05) is 0 Å². The number of aliphatic hydroxyl groups excluding tert-OH is 1. The third-order valence-corrected chi connectivity index (χ3v) is 6.62. The van der Waals surface area contributed by atoms with Crippen LogP contribution in [0.4, 0.5) is 0 Å². The van der Waals surface area contributed by atoms with Crippen LogP contribution >= 0.6 is 0 Å². The van der Waals surface area contributed by atoms with Crippen molar-refractivity contribution in [1.82, 2.24) is 9.21 Å². The van der Waals surface area contributed by atoms with Crippen molar-refractivity contribution >= 4 is 15.9 Å². The molecule has 2 fully saturated rings. The van der Waals surface area contributed by atoms with E-state index in [9.17, 15) is 18.3 Å². The van der Waals surface area contributed by atoms with E-state index in [0.717, 1.165) is 32.4 Å². The van der Waals surface area contributed by atoms with Crippen LogP contribution in [0.5, 0.6) is 0 Å². The second kappa shape index (κ2) is 7.21. The van der Waals surface area contributed by atoms with Gasteiger partial charge in [-0.25, -0.2) is 8.42 Å². The second-order valence-electron chi connectivity index (χ2n) is 6.54. The number of nitrogens with zero attached hydrogens (tertiary/aromatic N) is 2. The van der Waals surface area contributed by atoms with E-state index in [-0.39, 0.29) is 17.3 Å². The Labute approximate surface area is 143 Å². The van der Waals surface area contributed by atoms with E-state index >= 15 is 0 Å². The summed E-state index contributed by atoms with van der Waals surface area (Å²) in [5.41, 5.74) is 0.523. The zero-order valence-electron chi connectivity index (χ0n) is 13.7. The molecule has 0 radical (unpaired) electrons. The van der Waals surface area contributed by atoms with Gasteiger partial charge in [-0.3, -0.25) is 4.79 Å². The first kappa shape index (κ1) is 17.4. The summed E-state index contributed by atoms with van der Waals surface area (Å²) in [5, 5.41) is 9.69. The van der Waals surface area contributed by atoms with Crippen LogP contribution in [-0.2, 0) is 10.0 Å². The van der Waals surface area contributed by atoms with Crippen LogP contribution in [0.2, 0.25) is 0 Å². The Morgan fingerprint density at radius 3 is 2.29 bits per heavy atom. The van der Waals surface area contributed by atoms with Gasteiger partial charge < -0.3 is 10.0 Å². The largest absolute Gasteiger partial charge is 0.392 e. The molecule has 2 heterocycles. The third-order valence-electron chi connectivity index (χ3n) is 4.74. The highest BCUT2D eigenvalue weighted by Crippen LogP contribution is 2.22. The molecule has 1 atom stereocenters. The lowest BCUT2D eigenvalue weighted by Crippen LogP contribution is -2.42. The van der Waals surface area contributed by atoms with Gasteiger partial charge in [-0.2, -0.15) is 4.31 Å². The molecule has 2 saturated heterocycles. The Morgan fingerprint density at radius 2 is 1.67 bits per heavy atom. The lowest BCUT2D eigenvalue weighted by atomic mass is 10.1. The number of likely N-dealkylation sites (tertiary alicyclic amines) is 1. The molecule has 1 unspecified atom stereocenters. The van der Waals surface area contributed by atoms with E-state index in [2.05, 4.69) is 0 Å². The first-order chi connectivity index (χ1) is 11.5. The summed E-state index contributed by atoms with van der Waals surface area (Å²) in [7, 11) is -3.61. The summed E-state index contributed by atoms with van der Waals surface area (Å²) in [4.78, 5) is 14.4. The van der Waals surface area contributed by atoms with E-state index in [0.29, 0.717) is 24.9 Å². The maximum absolute atomic E-state index is 12.6. The minimum atomic E-state index is -3.61. The molecule has 0 aromatic heterocycles. The third kappa shape index (κ3) is 3.63. The standard InChI is InChI=1S/C17H24N2O4S/c20-15-5-4-12-19(13-15)24(22,23)16-8-6-14(7-9-16)17(21)18-10-2-1-3-11-18/h6-9,15,20H,1-5,10-13H2. The molecule has 1 amide bonds. The second-order valence-corrected chi connectivity index (χ2v) is 8.47. The topological polar surface area (TPSA) is 77.9 Å². The molecule has 132 valence electrons. The van der Waals surface area contributed by atoms with Gasteiger partial charge >= 0.3 is 0 Å². The summed E-state index contributed by atoms with van der Waals surface area (Å²) < 4.78 is 26.6. The van der Waals surface area contributed by atoms with Gasteiger partial charge in [0.05, 0.1) is 11.0 Å². The van der Waals surface area contributed by atoms with Crippen molar-refractivity contribution in [1.29, 1.82) is 0 Å². The molecular formula is C17H24N2O4S. The van der Waals surface area contributed by atoms with E-state index in [1.54, 1.807) is 12.1 Å². The molecule has 3 rings (SSSR count). The molecule has 1 aromatic carbocycles. The van der Waals surface area contributed by atoms with Crippen LogP contribution in [-0.4, -0.2) is 60.9 Å². The fourth-order valence-electron chi connectivity index (χ4n) is 3.34. The molecule has 6 nitrogen and oxygen atoms in total. The summed E-state index contributed by atoms with van der Waals surface area (Å²) in [6, 6.07) is 6.16. The first-order valence-electron chi connectivity index (χ1n) is 8.56. The van der Waals surface area contributed by atoms with Gasteiger partial charge in [0.25, 0.3) is 5.91 Å². The fourth-order valence-corrected chi connectivity index (χ4v) is 4.85. The summed E-state index contributed by atoms with van der Waals surface area (Å²) >= 11 is 0. The van der Waals surface area contributed by atoms with Crippen LogP contribution in [0, 0.1) is 0 Å². The average molecular weight is 352 g/mol. The smallest absolute Gasteiger partial charge is 0.253 e. The number of carbonyl (C=O) groups excluding carboxylic acids is 1. The number of aliphatic hydroxyl groups is 1. The Bertz CT molecular complexity index is 681. The highest BCUT2D eigenvalue weighted by atomic mass is 32.2. The molecular weight excluding hydrogens is 328 g/mol. The number of hydrogen-bond acceptors (Lipinski definition) is 4. The maximum atomic E-state index is 12.6. The van der Waals surface area contributed by atoms with Crippen molar-refractivity contribution in [2.45, 2.75) is 43.1 Å². The van der Waals surface area contributed by atoms with Gasteiger partial charge in [0, 0.05) is 31.7 Å². The number of β-amino-alcohol motifs (C(OH)–C–C–N with tert-alkyl or cyclic N) is 1. The summed E-state index contributed by atoms with van der Waals surface area (Å²) in [5.74, 6) is -0.0351.